The van der Waals surface area contributed by atoms with E-state index in [-0.39, 0.29) is 23.7 Å². The van der Waals surface area contributed by atoms with Crippen molar-refractivity contribution in [2.24, 2.45) is 0 Å². The Morgan fingerprint density at radius 3 is 2.71 bits per heavy atom. The van der Waals surface area contributed by atoms with E-state index in [1.807, 2.05) is 0 Å². The van der Waals surface area contributed by atoms with Gasteiger partial charge in [-0.1, -0.05) is 18.2 Å². The van der Waals surface area contributed by atoms with Crippen LogP contribution in [0.3, 0.4) is 0 Å². The number of hydrogen-bond donors (Lipinski definition) is 3. The standard InChI is InChI=1S/C15H18N2O4/c1-2-13-12(7-8-21-13)17-15(20)16-9-10-3-5-11(6-4-10)14(18)19/h2-6,12-13H,1,7-9H2,(H,18,19)(H2,16,17,20)/t12-,13+/m1/s1. The molecule has 1 fully saturated rings. The van der Waals surface area contributed by atoms with Gasteiger partial charge in [0, 0.05) is 13.2 Å². The molecule has 6 heteroatoms. The minimum absolute atomic E-state index is 0.0584. The fourth-order valence-electron chi connectivity index (χ4n) is 2.17. The SMILES string of the molecule is C=C[C@@H]1OCC[C@H]1NC(=O)NCc1ccc(C(=O)O)cc1. The van der Waals surface area contributed by atoms with Gasteiger partial charge in [-0.15, -0.1) is 6.58 Å². The summed E-state index contributed by atoms with van der Waals surface area (Å²) in [6.07, 6.45) is 2.30. The number of amides is 2. The molecule has 0 aliphatic carbocycles. The highest BCUT2D eigenvalue weighted by Gasteiger charge is 2.26. The number of nitrogens with one attached hydrogen (secondary N) is 2. The highest BCUT2D eigenvalue weighted by atomic mass is 16.5. The molecule has 3 N–H and O–H groups in total. The first-order chi connectivity index (χ1) is 10.1. The topological polar surface area (TPSA) is 87.7 Å². The van der Waals surface area contributed by atoms with E-state index in [1.165, 1.54) is 12.1 Å². The normalized spacial score (nSPS) is 20.8. The molecule has 0 radical (unpaired) electrons. The van der Waals surface area contributed by atoms with Gasteiger partial charge in [0.1, 0.15) is 0 Å². The van der Waals surface area contributed by atoms with Gasteiger partial charge < -0.3 is 20.5 Å². The monoisotopic (exact) mass is 290 g/mol. The summed E-state index contributed by atoms with van der Waals surface area (Å²) in [7, 11) is 0. The van der Waals surface area contributed by atoms with Gasteiger partial charge in [0.15, 0.2) is 0 Å². The largest absolute Gasteiger partial charge is 0.478 e. The van der Waals surface area contributed by atoms with Crippen molar-refractivity contribution in [2.75, 3.05) is 6.61 Å². The lowest BCUT2D eigenvalue weighted by Crippen LogP contribution is -2.44. The zero-order chi connectivity index (χ0) is 15.2. The second-order valence-electron chi connectivity index (χ2n) is 4.80. The highest BCUT2D eigenvalue weighted by molar-refractivity contribution is 5.87. The molecule has 112 valence electrons. The molecule has 0 saturated carbocycles. The molecular formula is C15H18N2O4. The lowest BCUT2D eigenvalue weighted by atomic mass is 10.1. The van der Waals surface area contributed by atoms with E-state index in [2.05, 4.69) is 17.2 Å². The van der Waals surface area contributed by atoms with Crippen LogP contribution in [0, 0.1) is 0 Å². The van der Waals surface area contributed by atoms with Gasteiger partial charge in [-0.3, -0.25) is 0 Å². The molecule has 2 rings (SSSR count). The van der Waals surface area contributed by atoms with Crippen molar-refractivity contribution in [3.05, 3.63) is 48.0 Å². The van der Waals surface area contributed by atoms with Crippen molar-refractivity contribution in [3.63, 3.8) is 0 Å². The maximum absolute atomic E-state index is 11.8. The van der Waals surface area contributed by atoms with Gasteiger partial charge >= 0.3 is 12.0 Å². The number of carboxylic acids is 1. The van der Waals surface area contributed by atoms with Crippen LogP contribution >= 0.6 is 0 Å². The molecule has 21 heavy (non-hydrogen) atoms. The predicted molar refractivity (Wildman–Crippen MR) is 77.1 cm³/mol. The summed E-state index contributed by atoms with van der Waals surface area (Å²) < 4.78 is 5.40. The van der Waals surface area contributed by atoms with Crippen LogP contribution in [-0.4, -0.2) is 35.9 Å². The van der Waals surface area contributed by atoms with Crippen LogP contribution in [0.1, 0.15) is 22.3 Å². The second kappa shape index (κ2) is 6.90. The zero-order valence-corrected chi connectivity index (χ0v) is 11.5. The Morgan fingerprint density at radius 1 is 1.38 bits per heavy atom. The summed E-state index contributed by atoms with van der Waals surface area (Å²) in [5.41, 5.74) is 1.05. The third kappa shape index (κ3) is 4.06. The maximum Gasteiger partial charge on any atom is 0.335 e. The molecule has 1 aliphatic heterocycles. The average molecular weight is 290 g/mol. The van der Waals surface area contributed by atoms with E-state index in [0.29, 0.717) is 13.2 Å². The lowest BCUT2D eigenvalue weighted by Gasteiger charge is -2.17. The fraction of sp³-hybridized carbons (Fsp3) is 0.333. The van der Waals surface area contributed by atoms with Crippen molar-refractivity contribution in [3.8, 4) is 0 Å². The van der Waals surface area contributed by atoms with E-state index in [1.54, 1.807) is 18.2 Å². The number of carbonyl (C=O) groups excluding carboxylic acids is 1. The van der Waals surface area contributed by atoms with Crippen LogP contribution in [0.5, 0.6) is 0 Å². The molecular weight excluding hydrogens is 272 g/mol. The summed E-state index contributed by atoms with van der Waals surface area (Å²) in [6.45, 7) is 4.61. The van der Waals surface area contributed by atoms with E-state index in [0.717, 1.165) is 12.0 Å². The average Bonchev–Trinajstić information content (AvgIpc) is 2.92. The quantitative estimate of drug-likeness (QED) is 0.718. The van der Waals surface area contributed by atoms with Gasteiger partial charge in [-0.2, -0.15) is 0 Å². The Bertz CT molecular complexity index is 527. The predicted octanol–water partition coefficient (Wildman–Crippen LogP) is 1.53. The fourth-order valence-corrected chi connectivity index (χ4v) is 2.17. The maximum atomic E-state index is 11.8. The van der Waals surface area contributed by atoms with Crippen LogP contribution in [0.4, 0.5) is 4.79 Å². The van der Waals surface area contributed by atoms with E-state index < -0.39 is 5.97 Å². The molecule has 1 aromatic carbocycles. The van der Waals surface area contributed by atoms with Crippen molar-refractivity contribution in [2.45, 2.75) is 25.1 Å². The molecule has 2 amide bonds. The summed E-state index contributed by atoms with van der Waals surface area (Å²) in [5.74, 6) is -0.969. The van der Waals surface area contributed by atoms with Crippen LogP contribution in [0.25, 0.3) is 0 Å². The molecule has 6 nitrogen and oxygen atoms in total. The zero-order valence-electron chi connectivity index (χ0n) is 11.5. The number of aromatic carboxylic acids is 1. The van der Waals surface area contributed by atoms with Crippen molar-refractivity contribution in [1.29, 1.82) is 0 Å². The number of hydrogen-bond acceptors (Lipinski definition) is 3. The van der Waals surface area contributed by atoms with Gasteiger partial charge in [-0.05, 0) is 24.1 Å². The first-order valence-electron chi connectivity index (χ1n) is 6.71. The third-order valence-electron chi connectivity index (χ3n) is 3.34. The highest BCUT2D eigenvalue weighted by Crippen LogP contribution is 2.14. The summed E-state index contributed by atoms with van der Waals surface area (Å²) in [5, 5.41) is 14.4. The van der Waals surface area contributed by atoms with Crippen LogP contribution in [-0.2, 0) is 11.3 Å². The van der Waals surface area contributed by atoms with Crippen molar-refractivity contribution < 1.29 is 19.4 Å². The van der Waals surface area contributed by atoms with Crippen molar-refractivity contribution in [1.82, 2.24) is 10.6 Å². The summed E-state index contributed by atoms with van der Waals surface area (Å²) >= 11 is 0. The number of ether oxygens (including phenoxy) is 1. The summed E-state index contributed by atoms with van der Waals surface area (Å²) in [6, 6.07) is 6.03. The van der Waals surface area contributed by atoms with Crippen LogP contribution in [0.2, 0.25) is 0 Å². The first kappa shape index (κ1) is 15.1. The summed E-state index contributed by atoms with van der Waals surface area (Å²) in [4.78, 5) is 22.5. The molecule has 0 unspecified atom stereocenters. The molecule has 0 aromatic heterocycles. The third-order valence-corrected chi connectivity index (χ3v) is 3.34. The Hall–Kier alpha value is -2.34. The second-order valence-corrected chi connectivity index (χ2v) is 4.80. The van der Waals surface area contributed by atoms with Gasteiger partial charge in [0.05, 0.1) is 17.7 Å². The van der Waals surface area contributed by atoms with Gasteiger partial charge in [-0.25, -0.2) is 9.59 Å². The van der Waals surface area contributed by atoms with E-state index >= 15 is 0 Å². The smallest absolute Gasteiger partial charge is 0.335 e. The molecule has 1 aromatic rings. The number of rotatable bonds is 5. The van der Waals surface area contributed by atoms with Gasteiger partial charge in [0.2, 0.25) is 0 Å². The first-order valence-corrected chi connectivity index (χ1v) is 6.71. The number of carbonyl (C=O) groups is 2. The molecule has 0 spiro atoms. The number of carboxylic acid groups (broad SMARTS) is 1. The Labute approximate surface area is 122 Å². The lowest BCUT2D eigenvalue weighted by molar-refractivity contribution is 0.0697. The molecule has 0 bridgehead atoms. The molecule has 2 atom stereocenters. The van der Waals surface area contributed by atoms with Crippen molar-refractivity contribution >= 4 is 12.0 Å². The van der Waals surface area contributed by atoms with E-state index in [4.69, 9.17) is 9.84 Å². The van der Waals surface area contributed by atoms with E-state index in [9.17, 15) is 9.59 Å². The minimum Gasteiger partial charge on any atom is -0.478 e. The Morgan fingerprint density at radius 2 is 2.10 bits per heavy atom. The Balaban J connectivity index is 1.81. The Kier molecular flexibility index (Phi) is 4.94. The number of urea groups is 1. The van der Waals surface area contributed by atoms with Crippen LogP contribution < -0.4 is 10.6 Å². The minimum atomic E-state index is -0.969. The molecule has 1 saturated heterocycles. The van der Waals surface area contributed by atoms with Crippen LogP contribution in [0.15, 0.2) is 36.9 Å². The van der Waals surface area contributed by atoms with Gasteiger partial charge in [0.25, 0.3) is 0 Å². The molecule has 1 heterocycles. The number of benzene rings is 1. The molecule has 1 aliphatic rings.